The van der Waals surface area contributed by atoms with E-state index in [0.717, 1.165) is 0 Å². The van der Waals surface area contributed by atoms with E-state index in [9.17, 15) is 4.79 Å². The lowest BCUT2D eigenvalue weighted by Gasteiger charge is -2.28. The molecule has 3 fully saturated rings. The van der Waals surface area contributed by atoms with Crippen molar-refractivity contribution in [1.82, 2.24) is 0 Å². The Labute approximate surface area is 148 Å². The molecule has 8 nitrogen and oxygen atoms in total. The summed E-state index contributed by atoms with van der Waals surface area (Å²) < 4.78 is 40.3. The minimum atomic E-state index is -0.934. The van der Waals surface area contributed by atoms with Gasteiger partial charge in [-0.25, -0.2) is 4.79 Å². The molecule has 0 saturated carbocycles. The van der Waals surface area contributed by atoms with Crippen molar-refractivity contribution in [3.63, 3.8) is 0 Å². The molecule has 3 rings (SSSR count). The van der Waals surface area contributed by atoms with E-state index >= 15 is 0 Å². The summed E-state index contributed by atoms with van der Waals surface area (Å²) in [5, 5.41) is 0. The lowest BCUT2D eigenvalue weighted by atomic mass is 9.99. The first-order chi connectivity index (χ1) is 11.4. The van der Waals surface area contributed by atoms with E-state index in [1.54, 1.807) is 13.8 Å². The highest BCUT2D eigenvalue weighted by atomic mass is 16.8. The maximum Gasteiger partial charge on any atom is 0.337 e. The zero-order chi connectivity index (χ0) is 18.6. The van der Waals surface area contributed by atoms with Gasteiger partial charge in [-0.15, -0.1) is 0 Å². The van der Waals surface area contributed by atoms with Gasteiger partial charge in [-0.05, 0) is 41.5 Å². The third kappa shape index (κ3) is 3.84. The first-order valence-electron chi connectivity index (χ1n) is 8.54. The lowest BCUT2D eigenvalue weighted by molar-refractivity contribution is -0.178. The predicted molar refractivity (Wildman–Crippen MR) is 84.6 cm³/mol. The fourth-order valence-corrected chi connectivity index (χ4v) is 3.56. The molecule has 0 aromatic heterocycles. The topological polar surface area (TPSA) is 81.7 Å². The van der Waals surface area contributed by atoms with Gasteiger partial charge in [0.25, 0.3) is 0 Å². The second-order valence-corrected chi connectivity index (χ2v) is 7.98. The second-order valence-electron chi connectivity index (χ2n) is 7.98. The van der Waals surface area contributed by atoms with Gasteiger partial charge in [0.05, 0.1) is 13.7 Å². The summed E-state index contributed by atoms with van der Waals surface area (Å²) in [6, 6.07) is 0. The van der Waals surface area contributed by atoms with E-state index in [1.807, 2.05) is 27.7 Å². The van der Waals surface area contributed by atoms with E-state index < -0.39 is 47.7 Å². The number of carbonyl (C=O) groups is 1. The Morgan fingerprint density at radius 1 is 0.800 bits per heavy atom. The van der Waals surface area contributed by atoms with Gasteiger partial charge < -0.3 is 33.2 Å². The van der Waals surface area contributed by atoms with E-state index in [1.165, 1.54) is 7.11 Å². The van der Waals surface area contributed by atoms with Crippen LogP contribution in [0.4, 0.5) is 0 Å². The third-order valence-electron chi connectivity index (χ3n) is 4.45. The highest BCUT2D eigenvalue weighted by molar-refractivity contribution is 5.75. The minimum Gasteiger partial charge on any atom is -0.467 e. The molecule has 0 aromatic carbocycles. The number of methoxy groups -OCH3 is 1. The zero-order valence-corrected chi connectivity index (χ0v) is 15.9. The number of carbonyl (C=O) groups excluding carboxylic acids is 1. The summed E-state index contributed by atoms with van der Waals surface area (Å²) in [4.78, 5) is 12.2. The van der Waals surface area contributed by atoms with Gasteiger partial charge in [0.15, 0.2) is 23.5 Å². The molecule has 3 aliphatic heterocycles. The second kappa shape index (κ2) is 6.14. The molecular weight excluding hydrogens is 332 g/mol. The fourth-order valence-electron chi connectivity index (χ4n) is 3.56. The van der Waals surface area contributed by atoms with Crippen LogP contribution in [0.2, 0.25) is 0 Å². The van der Waals surface area contributed by atoms with Crippen molar-refractivity contribution in [3.05, 3.63) is 0 Å². The Morgan fingerprint density at radius 2 is 1.36 bits per heavy atom. The van der Waals surface area contributed by atoms with Crippen LogP contribution in [0.3, 0.4) is 0 Å². The van der Waals surface area contributed by atoms with Crippen LogP contribution < -0.4 is 0 Å². The average Bonchev–Trinajstić information content (AvgIpc) is 3.10. The van der Waals surface area contributed by atoms with E-state index in [4.69, 9.17) is 33.2 Å². The number of ether oxygens (including phenoxy) is 7. The molecule has 0 aliphatic carbocycles. The van der Waals surface area contributed by atoms with Crippen LogP contribution >= 0.6 is 0 Å². The summed E-state index contributed by atoms with van der Waals surface area (Å²) in [5.41, 5.74) is 0. The lowest BCUT2D eigenvalue weighted by Crippen LogP contribution is -2.49. The molecule has 0 spiro atoms. The summed E-state index contributed by atoms with van der Waals surface area (Å²) in [5.74, 6) is -2.98. The smallest absolute Gasteiger partial charge is 0.337 e. The highest BCUT2D eigenvalue weighted by Crippen LogP contribution is 2.41. The van der Waals surface area contributed by atoms with Gasteiger partial charge in [0.1, 0.15) is 24.4 Å². The largest absolute Gasteiger partial charge is 0.467 e. The number of hydrogen-bond donors (Lipinski definition) is 0. The van der Waals surface area contributed by atoms with Gasteiger partial charge in [-0.1, -0.05) is 0 Å². The van der Waals surface area contributed by atoms with Crippen LogP contribution in [0.25, 0.3) is 0 Å². The molecule has 25 heavy (non-hydrogen) atoms. The molecule has 0 radical (unpaired) electrons. The van der Waals surface area contributed by atoms with Crippen LogP contribution in [-0.2, 0) is 38.0 Å². The molecule has 144 valence electrons. The molecule has 0 amide bonds. The SMILES string of the molecule is COC(=O)[C@@H]1OC(C)(C)O[C@H]1[C@@H]1OC(C)(C)O[C@@H]1[C@H]1COC(C)(C)O1. The number of hydrogen-bond acceptors (Lipinski definition) is 8. The molecule has 3 aliphatic rings. The summed E-state index contributed by atoms with van der Waals surface area (Å²) >= 11 is 0. The quantitative estimate of drug-likeness (QED) is 0.698. The van der Waals surface area contributed by atoms with Gasteiger partial charge in [0, 0.05) is 0 Å². The maximum absolute atomic E-state index is 12.2. The van der Waals surface area contributed by atoms with Gasteiger partial charge in [-0.3, -0.25) is 0 Å². The summed E-state index contributed by atoms with van der Waals surface area (Å²) in [6.07, 6.45) is -2.95. The molecule has 0 unspecified atom stereocenters. The Balaban J connectivity index is 1.85. The number of rotatable bonds is 3. The van der Waals surface area contributed by atoms with Crippen molar-refractivity contribution in [1.29, 1.82) is 0 Å². The molecule has 5 atom stereocenters. The van der Waals surface area contributed by atoms with Crippen LogP contribution in [0.15, 0.2) is 0 Å². The number of esters is 1. The van der Waals surface area contributed by atoms with E-state index in [0.29, 0.717) is 6.61 Å². The predicted octanol–water partition coefficient (Wildman–Crippen LogP) is 1.35. The molecule has 0 bridgehead atoms. The Kier molecular flexibility index (Phi) is 4.67. The summed E-state index contributed by atoms with van der Waals surface area (Å²) in [6.45, 7) is 11.2. The first kappa shape index (κ1) is 19.0. The monoisotopic (exact) mass is 360 g/mol. The Hall–Kier alpha value is -0.770. The zero-order valence-electron chi connectivity index (χ0n) is 15.9. The van der Waals surface area contributed by atoms with Gasteiger partial charge in [0.2, 0.25) is 0 Å². The molecule has 3 heterocycles. The Bertz CT molecular complexity index is 529. The molecule has 3 saturated heterocycles. The fraction of sp³-hybridized carbons (Fsp3) is 0.941. The minimum absolute atomic E-state index is 0.340. The van der Waals surface area contributed by atoms with Crippen LogP contribution in [0.5, 0.6) is 0 Å². The van der Waals surface area contributed by atoms with Gasteiger partial charge >= 0.3 is 5.97 Å². The summed E-state index contributed by atoms with van der Waals surface area (Å²) in [7, 11) is 1.32. The maximum atomic E-state index is 12.2. The van der Waals surface area contributed by atoms with Crippen molar-refractivity contribution in [2.24, 2.45) is 0 Å². The van der Waals surface area contributed by atoms with Crippen molar-refractivity contribution >= 4 is 5.97 Å². The van der Waals surface area contributed by atoms with Crippen molar-refractivity contribution in [3.8, 4) is 0 Å². The molecular formula is C17H28O8. The third-order valence-corrected chi connectivity index (χ3v) is 4.45. The molecule has 0 aromatic rings. The van der Waals surface area contributed by atoms with Crippen molar-refractivity contribution < 1.29 is 38.0 Å². The average molecular weight is 360 g/mol. The van der Waals surface area contributed by atoms with Gasteiger partial charge in [-0.2, -0.15) is 0 Å². The normalized spacial score (nSPS) is 41.8. The van der Waals surface area contributed by atoms with E-state index in [-0.39, 0.29) is 6.10 Å². The van der Waals surface area contributed by atoms with Crippen molar-refractivity contribution in [2.75, 3.05) is 13.7 Å². The highest BCUT2D eigenvalue weighted by Gasteiger charge is 2.59. The standard InChI is InChI=1S/C17H28O8/c1-15(2)20-8-9(21-15)10-11(23-16(3,4)22-10)12-13(14(18)19-7)25-17(5,6)24-12/h9-13H,8H2,1-7H3/t9-,10-,11-,12+,13-/m1/s1. The molecule has 8 heteroatoms. The van der Waals surface area contributed by atoms with Crippen molar-refractivity contribution in [2.45, 2.75) is 89.4 Å². The van der Waals surface area contributed by atoms with Crippen LogP contribution in [0, 0.1) is 0 Å². The Morgan fingerprint density at radius 3 is 1.92 bits per heavy atom. The van der Waals surface area contributed by atoms with E-state index in [2.05, 4.69) is 0 Å². The first-order valence-corrected chi connectivity index (χ1v) is 8.54. The molecule has 0 N–H and O–H groups in total. The van der Waals surface area contributed by atoms with Crippen LogP contribution in [-0.4, -0.2) is 67.6 Å². The van der Waals surface area contributed by atoms with Crippen LogP contribution in [0.1, 0.15) is 41.5 Å².